The van der Waals surface area contributed by atoms with E-state index in [-0.39, 0.29) is 0 Å². The summed E-state index contributed by atoms with van der Waals surface area (Å²) in [5.74, 6) is 0.902. The summed E-state index contributed by atoms with van der Waals surface area (Å²) in [4.78, 5) is 0. The van der Waals surface area contributed by atoms with Crippen molar-refractivity contribution in [2.45, 2.75) is 46.1 Å². The molecule has 1 N–H and O–H groups in total. The van der Waals surface area contributed by atoms with Crippen LogP contribution in [0.3, 0.4) is 0 Å². The molecular weight excluding hydrogens is 218 g/mol. The van der Waals surface area contributed by atoms with Crippen molar-refractivity contribution in [2.75, 3.05) is 6.54 Å². The molecule has 2 rings (SSSR count). The Hall–Kier alpha value is -1.08. The van der Waals surface area contributed by atoms with Gasteiger partial charge in [-0.1, -0.05) is 49.3 Å². The third-order valence-corrected chi connectivity index (χ3v) is 4.07. The van der Waals surface area contributed by atoms with E-state index in [0.29, 0.717) is 6.04 Å². The highest BCUT2D eigenvalue weighted by molar-refractivity contribution is 5.55. The van der Waals surface area contributed by atoms with Crippen molar-refractivity contribution in [3.8, 4) is 0 Å². The topological polar surface area (TPSA) is 12.0 Å². The molecule has 0 saturated carbocycles. The van der Waals surface area contributed by atoms with Crippen LogP contribution >= 0.6 is 0 Å². The Labute approximate surface area is 111 Å². The number of hydrogen-bond donors (Lipinski definition) is 1. The predicted molar refractivity (Wildman–Crippen MR) is 79.8 cm³/mol. The van der Waals surface area contributed by atoms with Gasteiger partial charge in [-0.05, 0) is 50.3 Å². The van der Waals surface area contributed by atoms with E-state index in [0.717, 1.165) is 5.92 Å². The maximum Gasteiger partial charge on any atom is 0.0255 e. The van der Waals surface area contributed by atoms with Crippen molar-refractivity contribution in [3.05, 3.63) is 41.0 Å². The van der Waals surface area contributed by atoms with Crippen molar-refractivity contribution < 1.29 is 0 Å². The van der Waals surface area contributed by atoms with E-state index in [9.17, 15) is 0 Å². The Morgan fingerprint density at radius 3 is 2.94 bits per heavy atom. The van der Waals surface area contributed by atoms with Gasteiger partial charge in [0.05, 0.1) is 0 Å². The second-order valence-electron chi connectivity index (χ2n) is 5.58. The summed E-state index contributed by atoms with van der Waals surface area (Å²) in [5.41, 5.74) is 4.05. The molecule has 1 fully saturated rings. The molecule has 0 radical (unpaired) electrons. The van der Waals surface area contributed by atoms with Gasteiger partial charge in [0.15, 0.2) is 0 Å². The molecule has 98 valence electrons. The SMILES string of the molecule is CCC1CCNC(/C=C/c2cc(C)ccc2C)C1. The molecule has 1 aliphatic rings. The molecule has 0 aromatic heterocycles. The van der Waals surface area contributed by atoms with Gasteiger partial charge >= 0.3 is 0 Å². The quantitative estimate of drug-likeness (QED) is 0.843. The number of aryl methyl sites for hydroxylation is 2. The minimum absolute atomic E-state index is 0.559. The van der Waals surface area contributed by atoms with Gasteiger partial charge < -0.3 is 5.32 Å². The number of hydrogen-bond acceptors (Lipinski definition) is 1. The Morgan fingerprint density at radius 2 is 2.17 bits per heavy atom. The van der Waals surface area contributed by atoms with E-state index in [2.05, 4.69) is 56.4 Å². The first-order valence-electron chi connectivity index (χ1n) is 7.18. The molecule has 1 heteroatoms. The lowest BCUT2D eigenvalue weighted by Gasteiger charge is -2.27. The highest BCUT2D eigenvalue weighted by Gasteiger charge is 2.17. The number of piperidine rings is 1. The standard InChI is InChI=1S/C17H25N/c1-4-15-9-10-18-17(12-15)8-7-16-11-13(2)5-6-14(16)3/h5-8,11,15,17-18H,4,9-10,12H2,1-3H3/b8-7+. The first-order chi connectivity index (χ1) is 8.69. The fourth-order valence-corrected chi connectivity index (χ4v) is 2.71. The minimum atomic E-state index is 0.559. The van der Waals surface area contributed by atoms with E-state index in [1.165, 1.54) is 42.5 Å². The number of rotatable bonds is 3. The van der Waals surface area contributed by atoms with Gasteiger partial charge in [-0.15, -0.1) is 0 Å². The van der Waals surface area contributed by atoms with E-state index in [1.54, 1.807) is 0 Å². The average Bonchev–Trinajstić information content (AvgIpc) is 2.40. The second kappa shape index (κ2) is 6.19. The van der Waals surface area contributed by atoms with Crippen molar-refractivity contribution >= 4 is 6.08 Å². The molecule has 2 unspecified atom stereocenters. The molecule has 0 bridgehead atoms. The molecular formula is C17H25N. The molecule has 1 aromatic carbocycles. The van der Waals surface area contributed by atoms with Gasteiger partial charge in [0, 0.05) is 6.04 Å². The van der Waals surface area contributed by atoms with Crippen LogP contribution in [0.25, 0.3) is 6.08 Å². The smallest absolute Gasteiger partial charge is 0.0255 e. The highest BCUT2D eigenvalue weighted by atomic mass is 14.9. The van der Waals surface area contributed by atoms with Crippen LogP contribution in [0.5, 0.6) is 0 Å². The summed E-state index contributed by atoms with van der Waals surface area (Å²) in [6.07, 6.45) is 8.58. The average molecular weight is 243 g/mol. The molecule has 18 heavy (non-hydrogen) atoms. The van der Waals surface area contributed by atoms with Crippen LogP contribution in [0, 0.1) is 19.8 Å². The third kappa shape index (κ3) is 3.46. The number of benzene rings is 1. The van der Waals surface area contributed by atoms with Crippen molar-refractivity contribution in [3.63, 3.8) is 0 Å². The molecule has 1 heterocycles. The summed E-state index contributed by atoms with van der Waals surface area (Å²) < 4.78 is 0. The molecule has 1 aromatic rings. The number of nitrogens with one attached hydrogen (secondary N) is 1. The first-order valence-corrected chi connectivity index (χ1v) is 7.18. The zero-order valence-electron chi connectivity index (χ0n) is 11.9. The van der Waals surface area contributed by atoms with Crippen molar-refractivity contribution in [1.29, 1.82) is 0 Å². The molecule has 1 saturated heterocycles. The van der Waals surface area contributed by atoms with Gasteiger partial charge in [-0.25, -0.2) is 0 Å². The molecule has 1 aliphatic heterocycles. The van der Waals surface area contributed by atoms with Gasteiger partial charge in [0.25, 0.3) is 0 Å². The van der Waals surface area contributed by atoms with Crippen LogP contribution < -0.4 is 5.32 Å². The van der Waals surface area contributed by atoms with Crippen LogP contribution in [-0.2, 0) is 0 Å². The Balaban J connectivity index is 2.03. The minimum Gasteiger partial charge on any atom is -0.310 e. The van der Waals surface area contributed by atoms with Crippen LogP contribution in [0.15, 0.2) is 24.3 Å². The maximum atomic E-state index is 3.60. The van der Waals surface area contributed by atoms with Crippen molar-refractivity contribution in [2.24, 2.45) is 5.92 Å². The highest BCUT2D eigenvalue weighted by Crippen LogP contribution is 2.21. The Morgan fingerprint density at radius 1 is 1.33 bits per heavy atom. The largest absolute Gasteiger partial charge is 0.310 e. The third-order valence-electron chi connectivity index (χ3n) is 4.07. The van der Waals surface area contributed by atoms with Gasteiger partial charge in [-0.3, -0.25) is 0 Å². The summed E-state index contributed by atoms with van der Waals surface area (Å²) in [5, 5.41) is 3.60. The second-order valence-corrected chi connectivity index (χ2v) is 5.58. The van der Waals surface area contributed by atoms with Crippen LogP contribution in [0.2, 0.25) is 0 Å². The predicted octanol–water partition coefficient (Wildman–Crippen LogP) is 4.09. The lowest BCUT2D eigenvalue weighted by Crippen LogP contribution is -2.36. The fraction of sp³-hybridized carbons (Fsp3) is 0.529. The maximum absolute atomic E-state index is 3.60. The van der Waals surface area contributed by atoms with Gasteiger partial charge in [0.2, 0.25) is 0 Å². The summed E-state index contributed by atoms with van der Waals surface area (Å²) in [7, 11) is 0. The summed E-state index contributed by atoms with van der Waals surface area (Å²) in [6, 6.07) is 7.21. The molecule has 0 spiro atoms. The van der Waals surface area contributed by atoms with E-state index in [4.69, 9.17) is 0 Å². The van der Waals surface area contributed by atoms with Crippen LogP contribution in [-0.4, -0.2) is 12.6 Å². The lowest BCUT2D eigenvalue weighted by atomic mass is 9.90. The van der Waals surface area contributed by atoms with Crippen LogP contribution in [0.1, 0.15) is 42.9 Å². The zero-order valence-corrected chi connectivity index (χ0v) is 11.9. The van der Waals surface area contributed by atoms with Gasteiger partial charge in [0.1, 0.15) is 0 Å². The Kier molecular flexibility index (Phi) is 4.60. The van der Waals surface area contributed by atoms with Gasteiger partial charge in [-0.2, -0.15) is 0 Å². The molecule has 1 nitrogen and oxygen atoms in total. The monoisotopic (exact) mass is 243 g/mol. The fourth-order valence-electron chi connectivity index (χ4n) is 2.71. The molecule has 0 amide bonds. The van der Waals surface area contributed by atoms with Crippen molar-refractivity contribution in [1.82, 2.24) is 5.32 Å². The lowest BCUT2D eigenvalue weighted by molar-refractivity contribution is 0.326. The van der Waals surface area contributed by atoms with E-state index < -0.39 is 0 Å². The molecule has 2 atom stereocenters. The summed E-state index contributed by atoms with van der Waals surface area (Å²) in [6.45, 7) is 7.81. The zero-order chi connectivity index (χ0) is 13.0. The van der Waals surface area contributed by atoms with E-state index in [1.807, 2.05) is 0 Å². The Bertz CT molecular complexity index is 420. The normalized spacial score (nSPS) is 24.6. The van der Waals surface area contributed by atoms with E-state index >= 15 is 0 Å². The molecule has 0 aliphatic carbocycles. The van der Waals surface area contributed by atoms with Crippen LogP contribution in [0.4, 0.5) is 0 Å². The first kappa shape index (κ1) is 13.4. The summed E-state index contributed by atoms with van der Waals surface area (Å²) >= 11 is 0.